The third kappa shape index (κ3) is 5.40. The Morgan fingerprint density at radius 2 is 1.80 bits per heavy atom. The van der Waals surface area contributed by atoms with Gasteiger partial charge in [-0.1, -0.05) is 42.5 Å². The quantitative estimate of drug-likeness (QED) is 0.602. The molecule has 3 aromatic rings. The zero-order chi connectivity index (χ0) is 20.8. The summed E-state index contributed by atoms with van der Waals surface area (Å²) in [5, 5.41) is 4.08. The Labute approximate surface area is 184 Å². The van der Waals surface area contributed by atoms with Gasteiger partial charge in [0.2, 0.25) is 11.8 Å². The minimum Gasteiger partial charge on any atom is -0.352 e. The van der Waals surface area contributed by atoms with Crippen molar-refractivity contribution in [3.63, 3.8) is 0 Å². The maximum Gasteiger partial charge on any atom is 0.232 e. The first-order valence-electron chi connectivity index (χ1n) is 10.2. The normalized spacial score (nSPS) is 14.7. The van der Waals surface area contributed by atoms with Crippen LogP contribution in [0.5, 0.6) is 0 Å². The van der Waals surface area contributed by atoms with Gasteiger partial charge in [0.25, 0.3) is 0 Å². The first-order chi connectivity index (χ1) is 14.7. The number of hydrogen-bond donors (Lipinski definition) is 1. The van der Waals surface area contributed by atoms with Crippen LogP contribution in [0, 0.1) is 5.92 Å². The lowest BCUT2D eigenvalue weighted by molar-refractivity contribution is -0.133. The van der Waals surface area contributed by atoms with Crippen LogP contribution in [-0.2, 0) is 21.9 Å². The van der Waals surface area contributed by atoms with Crippen molar-refractivity contribution in [1.29, 1.82) is 0 Å². The maximum atomic E-state index is 12.5. The average Bonchev–Trinajstić information content (AvgIpc) is 3.21. The summed E-state index contributed by atoms with van der Waals surface area (Å²) in [4.78, 5) is 31.5. The van der Waals surface area contributed by atoms with Crippen LogP contribution >= 0.6 is 23.1 Å². The van der Waals surface area contributed by atoms with Crippen LogP contribution in [0.2, 0.25) is 0 Å². The van der Waals surface area contributed by atoms with Crippen LogP contribution in [0.4, 0.5) is 0 Å². The zero-order valence-corrected chi connectivity index (χ0v) is 18.4. The smallest absolute Gasteiger partial charge is 0.232 e. The molecule has 0 bridgehead atoms. The Kier molecular flexibility index (Phi) is 7.02. The molecule has 1 aliphatic heterocycles. The van der Waals surface area contributed by atoms with E-state index in [0.717, 1.165) is 34.7 Å². The molecule has 0 aliphatic carbocycles. The summed E-state index contributed by atoms with van der Waals surface area (Å²) in [5.74, 6) is 1.46. The van der Waals surface area contributed by atoms with Crippen molar-refractivity contribution in [3.8, 4) is 0 Å². The van der Waals surface area contributed by atoms with E-state index in [1.54, 1.807) is 23.1 Å². The number of benzene rings is 2. The molecule has 1 aromatic heterocycles. The van der Waals surface area contributed by atoms with Gasteiger partial charge in [0, 0.05) is 31.3 Å². The molecule has 1 N–H and O–H groups in total. The molecule has 30 heavy (non-hydrogen) atoms. The highest BCUT2D eigenvalue weighted by molar-refractivity contribution is 7.99. The number of para-hydroxylation sites is 1. The van der Waals surface area contributed by atoms with Crippen molar-refractivity contribution in [2.24, 2.45) is 5.92 Å². The van der Waals surface area contributed by atoms with Crippen LogP contribution < -0.4 is 5.32 Å². The first kappa shape index (κ1) is 20.9. The Morgan fingerprint density at radius 1 is 1.07 bits per heavy atom. The number of amides is 2. The summed E-state index contributed by atoms with van der Waals surface area (Å²) in [5.41, 5.74) is 2.13. The van der Waals surface area contributed by atoms with Gasteiger partial charge in [0.05, 0.1) is 16.0 Å². The van der Waals surface area contributed by atoms with Crippen molar-refractivity contribution >= 4 is 45.1 Å². The number of carbonyl (C=O) groups excluding carboxylic acids is 2. The third-order valence-electron chi connectivity index (χ3n) is 5.32. The fourth-order valence-electron chi connectivity index (χ4n) is 3.62. The molecular formula is C23H25N3O2S2. The van der Waals surface area contributed by atoms with Crippen LogP contribution in [0.25, 0.3) is 10.2 Å². The second-order valence-corrected chi connectivity index (χ2v) is 9.53. The lowest BCUT2D eigenvalue weighted by Gasteiger charge is -2.31. The van der Waals surface area contributed by atoms with E-state index < -0.39 is 0 Å². The van der Waals surface area contributed by atoms with Crippen molar-refractivity contribution in [2.75, 3.05) is 18.8 Å². The number of piperidine rings is 1. The summed E-state index contributed by atoms with van der Waals surface area (Å²) in [7, 11) is 0. The number of carbonyl (C=O) groups is 2. The number of thioether (sulfide) groups is 1. The molecule has 0 radical (unpaired) electrons. The number of nitrogens with zero attached hydrogens (tertiary/aromatic N) is 2. The SMILES string of the molecule is O=C(NCc1ccccc1)C1CCN(C(=O)CSCc2nc3ccccc3s2)CC1. The predicted molar refractivity (Wildman–Crippen MR) is 123 cm³/mol. The molecule has 0 atom stereocenters. The largest absolute Gasteiger partial charge is 0.352 e. The van der Waals surface area contributed by atoms with E-state index in [2.05, 4.69) is 16.4 Å². The van der Waals surface area contributed by atoms with E-state index in [1.165, 1.54) is 4.70 Å². The molecule has 0 unspecified atom stereocenters. The fourth-order valence-corrected chi connectivity index (χ4v) is 5.57. The molecule has 4 rings (SSSR count). The van der Waals surface area contributed by atoms with Crippen molar-refractivity contribution < 1.29 is 9.59 Å². The second-order valence-electron chi connectivity index (χ2n) is 7.43. The van der Waals surface area contributed by atoms with E-state index in [1.807, 2.05) is 53.4 Å². The van der Waals surface area contributed by atoms with E-state index in [4.69, 9.17) is 0 Å². The van der Waals surface area contributed by atoms with Gasteiger partial charge >= 0.3 is 0 Å². The van der Waals surface area contributed by atoms with E-state index in [0.29, 0.717) is 25.4 Å². The Bertz CT molecular complexity index is 965. The molecular weight excluding hydrogens is 414 g/mol. The van der Waals surface area contributed by atoms with E-state index >= 15 is 0 Å². The molecule has 1 aliphatic rings. The van der Waals surface area contributed by atoms with Gasteiger partial charge < -0.3 is 10.2 Å². The van der Waals surface area contributed by atoms with Gasteiger partial charge in [0.15, 0.2) is 0 Å². The fraction of sp³-hybridized carbons (Fsp3) is 0.348. The number of aromatic nitrogens is 1. The van der Waals surface area contributed by atoms with Gasteiger partial charge in [-0.25, -0.2) is 4.98 Å². The highest BCUT2D eigenvalue weighted by Gasteiger charge is 2.27. The van der Waals surface area contributed by atoms with Crippen molar-refractivity contribution in [1.82, 2.24) is 15.2 Å². The standard InChI is InChI=1S/C23H25N3O2S2/c27-22(16-29-15-21-25-19-8-4-5-9-20(19)30-21)26-12-10-18(11-13-26)23(28)24-14-17-6-2-1-3-7-17/h1-9,18H,10-16H2,(H,24,28). The van der Waals surface area contributed by atoms with Gasteiger partial charge in [-0.2, -0.15) is 0 Å². The zero-order valence-electron chi connectivity index (χ0n) is 16.8. The molecule has 1 saturated heterocycles. The second kappa shape index (κ2) is 10.1. The predicted octanol–water partition coefficient (Wildman–Crippen LogP) is 4.08. The third-order valence-corrected chi connectivity index (χ3v) is 7.47. The van der Waals surface area contributed by atoms with Crippen LogP contribution in [0.1, 0.15) is 23.4 Å². The van der Waals surface area contributed by atoms with Crippen LogP contribution in [-0.4, -0.2) is 40.5 Å². The van der Waals surface area contributed by atoms with Gasteiger partial charge in [0.1, 0.15) is 5.01 Å². The number of likely N-dealkylation sites (tertiary alicyclic amines) is 1. The molecule has 5 nitrogen and oxygen atoms in total. The van der Waals surface area contributed by atoms with Gasteiger partial charge in [-0.05, 0) is 30.5 Å². The molecule has 2 amide bonds. The Hall–Kier alpha value is -2.38. The number of nitrogens with one attached hydrogen (secondary N) is 1. The highest BCUT2D eigenvalue weighted by atomic mass is 32.2. The highest BCUT2D eigenvalue weighted by Crippen LogP contribution is 2.25. The van der Waals surface area contributed by atoms with Gasteiger partial charge in [-0.3, -0.25) is 9.59 Å². The lowest BCUT2D eigenvalue weighted by Crippen LogP contribution is -2.43. The molecule has 2 heterocycles. The summed E-state index contributed by atoms with van der Waals surface area (Å²) < 4.78 is 1.19. The van der Waals surface area contributed by atoms with Gasteiger partial charge in [-0.15, -0.1) is 23.1 Å². The monoisotopic (exact) mass is 439 g/mol. The Balaban J connectivity index is 1.17. The molecule has 156 valence electrons. The summed E-state index contributed by atoms with van der Waals surface area (Å²) in [6.07, 6.45) is 1.46. The van der Waals surface area contributed by atoms with Crippen molar-refractivity contribution in [3.05, 3.63) is 65.2 Å². The summed E-state index contributed by atoms with van der Waals surface area (Å²) in [6, 6.07) is 18.0. The molecule has 7 heteroatoms. The van der Waals surface area contributed by atoms with E-state index in [9.17, 15) is 9.59 Å². The molecule has 0 saturated carbocycles. The molecule has 0 spiro atoms. The Morgan fingerprint density at radius 3 is 2.57 bits per heavy atom. The number of thiazole rings is 1. The summed E-state index contributed by atoms with van der Waals surface area (Å²) >= 11 is 3.30. The van der Waals surface area contributed by atoms with E-state index in [-0.39, 0.29) is 17.7 Å². The number of fused-ring (bicyclic) bond motifs is 1. The van der Waals surface area contributed by atoms with Crippen LogP contribution in [0.15, 0.2) is 54.6 Å². The molecule has 2 aromatic carbocycles. The summed E-state index contributed by atoms with van der Waals surface area (Å²) in [6.45, 7) is 1.87. The maximum absolute atomic E-state index is 12.5. The minimum absolute atomic E-state index is 0.00633. The first-order valence-corrected chi connectivity index (χ1v) is 12.2. The van der Waals surface area contributed by atoms with Crippen molar-refractivity contribution in [2.45, 2.75) is 25.1 Å². The number of rotatable bonds is 7. The van der Waals surface area contributed by atoms with Crippen LogP contribution in [0.3, 0.4) is 0 Å². The topological polar surface area (TPSA) is 62.3 Å². The molecule has 1 fully saturated rings. The number of hydrogen-bond acceptors (Lipinski definition) is 5. The average molecular weight is 440 g/mol. The lowest BCUT2D eigenvalue weighted by atomic mass is 9.96. The minimum atomic E-state index is -0.00633.